The molecular formula is C5H3N2O. The number of carbonyl (C=O) groups is 1. The maximum atomic E-state index is 9.87. The van der Waals surface area contributed by atoms with Crippen LogP contribution in [-0.2, 0) is 0 Å². The summed E-state index contributed by atoms with van der Waals surface area (Å²) in [7, 11) is 0. The Hall–Kier alpha value is -1.25. The van der Waals surface area contributed by atoms with E-state index >= 15 is 0 Å². The molecule has 0 amide bonds. The Morgan fingerprint density at radius 3 is 2.88 bits per heavy atom. The molecule has 0 fully saturated rings. The molecule has 39 valence electrons. The van der Waals surface area contributed by atoms with Gasteiger partial charge < -0.3 is 0 Å². The molecule has 0 bridgehead atoms. The zero-order chi connectivity index (χ0) is 5.82. The van der Waals surface area contributed by atoms with E-state index in [1.54, 1.807) is 0 Å². The Labute approximate surface area is 46.4 Å². The van der Waals surface area contributed by atoms with Gasteiger partial charge in [0.1, 0.15) is 11.9 Å². The van der Waals surface area contributed by atoms with Gasteiger partial charge in [-0.25, -0.2) is 4.98 Å². The van der Waals surface area contributed by atoms with E-state index in [9.17, 15) is 4.79 Å². The minimum Gasteiger partial charge on any atom is -0.296 e. The highest BCUT2D eigenvalue weighted by molar-refractivity contribution is 5.70. The SMILES string of the molecule is O=Cc1[c]nccn1. The lowest BCUT2D eigenvalue weighted by Crippen LogP contribution is -1.85. The lowest BCUT2D eigenvalue weighted by molar-refractivity contribution is 0.111. The Kier molecular flexibility index (Phi) is 1.32. The number of aldehydes is 1. The highest BCUT2D eigenvalue weighted by atomic mass is 16.1. The highest BCUT2D eigenvalue weighted by Crippen LogP contribution is 1.79. The van der Waals surface area contributed by atoms with Crippen LogP contribution in [0.15, 0.2) is 12.4 Å². The number of hydrogen-bond acceptors (Lipinski definition) is 3. The van der Waals surface area contributed by atoms with Gasteiger partial charge in [0.2, 0.25) is 0 Å². The topological polar surface area (TPSA) is 42.9 Å². The average Bonchev–Trinajstić information content (AvgIpc) is 1.90. The first-order valence-electron chi connectivity index (χ1n) is 2.07. The van der Waals surface area contributed by atoms with Crippen LogP contribution in [0.3, 0.4) is 0 Å². The molecule has 0 aromatic carbocycles. The summed E-state index contributed by atoms with van der Waals surface area (Å²) in [5.41, 5.74) is 0.243. The number of aromatic nitrogens is 2. The summed E-state index contributed by atoms with van der Waals surface area (Å²) in [6.07, 6.45) is 5.90. The molecule has 0 aliphatic rings. The van der Waals surface area contributed by atoms with Gasteiger partial charge in [-0.05, 0) is 0 Å². The quantitative estimate of drug-likeness (QED) is 0.477. The van der Waals surface area contributed by atoms with Gasteiger partial charge in [-0.3, -0.25) is 9.78 Å². The molecule has 0 aliphatic heterocycles. The van der Waals surface area contributed by atoms with Crippen LogP contribution in [0, 0.1) is 6.20 Å². The van der Waals surface area contributed by atoms with Crippen LogP contribution >= 0.6 is 0 Å². The summed E-state index contributed by atoms with van der Waals surface area (Å²) in [4.78, 5) is 17.0. The molecule has 3 heteroatoms. The summed E-state index contributed by atoms with van der Waals surface area (Å²) in [5.74, 6) is 0. The first-order valence-corrected chi connectivity index (χ1v) is 2.07. The van der Waals surface area contributed by atoms with Crippen LogP contribution in [-0.4, -0.2) is 16.3 Å². The Morgan fingerprint density at radius 2 is 2.50 bits per heavy atom. The van der Waals surface area contributed by atoms with Crippen molar-refractivity contribution in [1.29, 1.82) is 0 Å². The second-order valence-electron chi connectivity index (χ2n) is 1.17. The molecule has 0 saturated carbocycles. The fourth-order valence-corrected chi connectivity index (χ4v) is 0.336. The highest BCUT2D eigenvalue weighted by Gasteiger charge is 1.84. The molecule has 1 aromatic heterocycles. The lowest BCUT2D eigenvalue weighted by Gasteiger charge is -1.79. The molecule has 8 heavy (non-hydrogen) atoms. The van der Waals surface area contributed by atoms with Crippen molar-refractivity contribution in [2.75, 3.05) is 0 Å². The smallest absolute Gasteiger partial charge is 0.170 e. The van der Waals surface area contributed by atoms with Gasteiger partial charge in [-0.1, -0.05) is 0 Å². The molecule has 0 atom stereocenters. The minimum absolute atomic E-state index is 0.243. The lowest BCUT2D eigenvalue weighted by atomic mass is 10.5. The van der Waals surface area contributed by atoms with E-state index in [2.05, 4.69) is 16.2 Å². The van der Waals surface area contributed by atoms with Crippen LogP contribution in [0.5, 0.6) is 0 Å². The van der Waals surface area contributed by atoms with E-state index in [0.29, 0.717) is 6.29 Å². The fourth-order valence-electron chi connectivity index (χ4n) is 0.336. The minimum atomic E-state index is 0.243. The Balaban J connectivity index is 2.99. The van der Waals surface area contributed by atoms with Crippen LogP contribution in [0.25, 0.3) is 0 Å². The van der Waals surface area contributed by atoms with E-state index in [4.69, 9.17) is 0 Å². The van der Waals surface area contributed by atoms with Crippen molar-refractivity contribution in [2.24, 2.45) is 0 Å². The first kappa shape index (κ1) is 4.90. The standard InChI is InChI=1S/C5H3N2O/c8-4-5-3-6-1-2-7-5/h1-2,4H. The Morgan fingerprint density at radius 1 is 1.62 bits per heavy atom. The van der Waals surface area contributed by atoms with Crippen molar-refractivity contribution < 1.29 is 4.79 Å². The summed E-state index contributed by atoms with van der Waals surface area (Å²) in [5, 5.41) is 0. The number of carbonyl (C=O) groups excluding carboxylic acids is 1. The third-order valence-corrected chi connectivity index (χ3v) is 0.646. The summed E-state index contributed by atoms with van der Waals surface area (Å²) in [6, 6.07) is 0. The Bertz CT molecular complexity index is 173. The monoisotopic (exact) mass is 107 g/mol. The molecule has 0 aliphatic carbocycles. The molecule has 0 N–H and O–H groups in total. The normalized spacial score (nSPS) is 8.50. The third-order valence-electron chi connectivity index (χ3n) is 0.646. The van der Waals surface area contributed by atoms with Gasteiger partial charge in [-0.2, -0.15) is 0 Å². The molecule has 1 aromatic rings. The van der Waals surface area contributed by atoms with Crippen molar-refractivity contribution in [2.45, 2.75) is 0 Å². The van der Waals surface area contributed by atoms with Gasteiger partial charge in [0.25, 0.3) is 0 Å². The second kappa shape index (κ2) is 2.16. The molecule has 0 spiro atoms. The van der Waals surface area contributed by atoms with Crippen LogP contribution in [0.1, 0.15) is 10.5 Å². The van der Waals surface area contributed by atoms with E-state index in [-0.39, 0.29) is 5.69 Å². The van der Waals surface area contributed by atoms with Crippen molar-refractivity contribution in [1.82, 2.24) is 9.97 Å². The number of nitrogens with zero attached hydrogens (tertiary/aromatic N) is 2. The van der Waals surface area contributed by atoms with Gasteiger partial charge >= 0.3 is 0 Å². The van der Waals surface area contributed by atoms with Crippen LogP contribution in [0.2, 0.25) is 0 Å². The van der Waals surface area contributed by atoms with Crippen molar-refractivity contribution in [3.05, 3.63) is 24.3 Å². The van der Waals surface area contributed by atoms with Crippen molar-refractivity contribution in [3.63, 3.8) is 0 Å². The maximum Gasteiger partial charge on any atom is 0.170 e. The fraction of sp³-hybridized carbons (Fsp3) is 0. The predicted molar refractivity (Wildman–Crippen MR) is 26.3 cm³/mol. The van der Waals surface area contributed by atoms with E-state index in [0.717, 1.165) is 0 Å². The summed E-state index contributed by atoms with van der Waals surface area (Å²) < 4.78 is 0. The molecule has 0 unspecified atom stereocenters. The predicted octanol–water partition coefficient (Wildman–Crippen LogP) is 0.0893. The van der Waals surface area contributed by atoms with Crippen molar-refractivity contribution in [3.8, 4) is 0 Å². The zero-order valence-electron chi connectivity index (χ0n) is 4.03. The molecule has 1 heterocycles. The molecule has 3 nitrogen and oxygen atoms in total. The maximum absolute atomic E-state index is 9.87. The van der Waals surface area contributed by atoms with Gasteiger partial charge in [0, 0.05) is 12.4 Å². The third kappa shape index (κ3) is 0.872. The average molecular weight is 107 g/mol. The zero-order valence-corrected chi connectivity index (χ0v) is 4.03. The van der Waals surface area contributed by atoms with Crippen molar-refractivity contribution >= 4 is 6.29 Å². The molecular weight excluding hydrogens is 104 g/mol. The first-order chi connectivity index (χ1) is 3.93. The molecule has 0 saturated heterocycles. The summed E-state index contributed by atoms with van der Waals surface area (Å²) >= 11 is 0. The van der Waals surface area contributed by atoms with E-state index < -0.39 is 0 Å². The largest absolute Gasteiger partial charge is 0.296 e. The van der Waals surface area contributed by atoms with Crippen LogP contribution in [0.4, 0.5) is 0 Å². The number of rotatable bonds is 1. The summed E-state index contributed by atoms with van der Waals surface area (Å²) in [6.45, 7) is 0. The van der Waals surface area contributed by atoms with E-state index in [1.165, 1.54) is 12.4 Å². The van der Waals surface area contributed by atoms with Crippen LogP contribution < -0.4 is 0 Å². The van der Waals surface area contributed by atoms with Gasteiger partial charge in [-0.15, -0.1) is 0 Å². The molecule has 1 radical (unpaired) electrons. The number of hydrogen-bond donors (Lipinski definition) is 0. The van der Waals surface area contributed by atoms with Gasteiger partial charge in [0.05, 0.1) is 0 Å². The second-order valence-corrected chi connectivity index (χ2v) is 1.17. The van der Waals surface area contributed by atoms with Gasteiger partial charge in [0.15, 0.2) is 6.29 Å². The molecule has 1 rings (SSSR count). The van der Waals surface area contributed by atoms with E-state index in [1.807, 2.05) is 0 Å².